The molecule has 0 saturated carbocycles. The number of carbonyl (C=O) groups excluding carboxylic acids is 1. The topological polar surface area (TPSA) is 52.9 Å². The van der Waals surface area contributed by atoms with Gasteiger partial charge in [0.15, 0.2) is 0 Å². The number of hydrogen-bond acceptors (Lipinski definition) is 3. The van der Waals surface area contributed by atoms with Gasteiger partial charge < -0.3 is 5.32 Å². The first-order valence-corrected chi connectivity index (χ1v) is 9.42. The van der Waals surface area contributed by atoms with Crippen LogP contribution < -0.4 is 5.32 Å². The van der Waals surface area contributed by atoms with E-state index in [1.54, 1.807) is 11.3 Å². The average molecular weight is 318 g/mol. The zero-order chi connectivity index (χ0) is 15.8. The van der Waals surface area contributed by atoms with Gasteiger partial charge in [0.1, 0.15) is 11.1 Å². The quantitative estimate of drug-likeness (QED) is 0.734. The van der Waals surface area contributed by atoms with Crippen LogP contribution in [-0.2, 0) is 17.6 Å². The standard InChI is InChI=1S/C18H26N2OS/c1-2-3-4-9-12-17(21)20-18-15(13-19)14-10-7-5-6-8-11-16(14)22-18/h2-12H2,1H3,(H,20,21). The number of carbonyl (C=O) groups is 1. The van der Waals surface area contributed by atoms with Crippen molar-refractivity contribution in [1.82, 2.24) is 0 Å². The molecule has 0 aromatic carbocycles. The van der Waals surface area contributed by atoms with Gasteiger partial charge in [-0.2, -0.15) is 5.26 Å². The lowest BCUT2D eigenvalue weighted by Crippen LogP contribution is -2.11. The third-order valence-corrected chi connectivity index (χ3v) is 5.50. The van der Waals surface area contributed by atoms with E-state index in [4.69, 9.17) is 0 Å². The number of aryl methyl sites for hydroxylation is 1. The van der Waals surface area contributed by atoms with Crippen LogP contribution in [0.3, 0.4) is 0 Å². The molecule has 1 N–H and O–H groups in total. The zero-order valence-corrected chi connectivity index (χ0v) is 14.4. The minimum atomic E-state index is 0.0572. The number of nitrogens with zero attached hydrogens (tertiary/aromatic N) is 1. The van der Waals surface area contributed by atoms with Gasteiger partial charge >= 0.3 is 0 Å². The minimum Gasteiger partial charge on any atom is -0.317 e. The Morgan fingerprint density at radius 3 is 2.68 bits per heavy atom. The number of rotatable bonds is 6. The van der Waals surface area contributed by atoms with Crippen molar-refractivity contribution in [2.24, 2.45) is 0 Å². The van der Waals surface area contributed by atoms with Crippen LogP contribution >= 0.6 is 11.3 Å². The zero-order valence-electron chi connectivity index (χ0n) is 13.5. The monoisotopic (exact) mass is 318 g/mol. The normalized spacial score (nSPS) is 14.5. The Hall–Kier alpha value is -1.34. The van der Waals surface area contributed by atoms with Crippen molar-refractivity contribution in [2.45, 2.75) is 77.6 Å². The van der Waals surface area contributed by atoms with E-state index < -0.39 is 0 Å². The van der Waals surface area contributed by atoms with E-state index in [1.165, 1.54) is 42.5 Å². The Morgan fingerprint density at radius 1 is 1.18 bits per heavy atom. The molecule has 3 nitrogen and oxygen atoms in total. The fraction of sp³-hybridized carbons (Fsp3) is 0.667. The average Bonchev–Trinajstić information content (AvgIpc) is 2.79. The third-order valence-electron chi connectivity index (χ3n) is 4.29. The molecule has 0 bridgehead atoms. The molecule has 0 spiro atoms. The smallest absolute Gasteiger partial charge is 0.225 e. The molecular formula is C18H26N2OS. The van der Waals surface area contributed by atoms with Gasteiger partial charge in [-0.3, -0.25) is 4.79 Å². The van der Waals surface area contributed by atoms with Crippen LogP contribution in [0.15, 0.2) is 0 Å². The molecule has 0 saturated heterocycles. The Kier molecular flexibility index (Phi) is 6.92. The minimum absolute atomic E-state index is 0.0572. The Balaban J connectivity index is 2.02. The molecular weight excluding hydrogens is 292 g/mol. The first-order valence-electron chi connectivity index (χ1n) is 8.60. The van der Waals surface area contributed by atoms with Gasteiger partial charge in [0.2, 0.25) is 5.91 Å². The highest BCUT2D eigenvalue weighted by Gasteiger charge is 2.20. The van der Waals surface area contributed by atoms with Gasteiger partial charge in [0, 0.05) is 11.3 Å². The third kappa shape index (κ3) is 4.58. The number of thiophene rings is 1. The van der Waals surface area contributed by atoms with Crippen LogP contribution in [0.25, 0.3) is 0 Å². The first kappa shape index (κ1) is 17.0. The molecule has 0 radical (unpaired) electrons. The van der Waals surface area contributed by atoms with E-state index in [2.05, 4.69) is 18.3 Å². The largest absolute Gasteiger partial charge is 0.317 e. The SMILES string of the molecule is CCCCCCC(=O)Nc1sc2c(c1C#N)CCCCCC2. The molecule has 4 heteroatoms. The maximum atomic E-state index is 12.1. The van der Waals surface area contributed by atoms with E-state index in [0.717, 1.165) is 42.7 Å². The van der Waals surface area contributed by atoms with Crippen LogP contribution in [0.1, 0.15) is 80.7 Å². The van der Waals surface area contributed by atoms with Crippen LogP contribution in [0.4, 0.5) is 5.00 Å². The van der Waals surface area contributed by atoms with Gasteiger partial charge in [0.25, 0.3) is 0 Å². The molecule has 1 heterocycles. The number of fused-ring (bicyclic) bond motifs is 1. The highest BCUT2D eigenvalue weighted by Crippen LogP contribution is 2.36. The second kappa shape index (κ2) is 8.95. The summed E-state index contributed by atoms with van der Waals surface area (Å²) < 4.78 is 0. The highest BCUT2D eigenvalue weighted by molar-refractivity contribution is 7.16. The number of amides is 1. The second-order valence-corrected chi connectivity index (χ2v) is 7.20. The van der Waals surface area contributed by atoms with Crippen molar-refractivity contribution in [3.63, 3.8) is 0 Å². The molecule has 22 heavy (non-hydrogen) atoms. The molecule has 2 rings (SSSR count). The Morgan fingerprint density at radius 2 is 1.95 bits per heavy atom. The summed E-state index contributed by atoms with van der Waals surface area (Å²) in [6, 6.07) is 2.33. The van der Waals surface area contributed by atoms with Crippen molar-refractivity contribution >= 4 is 22.2 Å². The number of anilines is 1. The Bertz CT molecular complexity index is 542. The summed E-state index contributed by atoms with van der Waals surface area (Å²) >= 11 is 1.63. The van der Waals surface area contributed by atoms with E-state index in [1.807, 2.05) is 0 Å². The second-order valence-electron chi connectivity index (χ2n) is 6.09. The lowest BCUT2D eigenvalue weighted by Gasteiger charge is -2.08. The summed E-state index contributed by atoms with van der Waals surface area (Å²) in [5.74, 6) is 0.0572. The molecule has 0 fully saturated rings. The number of nitrogens with one attached hydrogen (secondary N) is 1. The van der Waals surface area contributed by atoms with Crippen molar-refractivity contribution in [1.29, 1.82) is 5.26 Å². The molecule has 120 valence electrons. The summed E-state index contributed by atoms with van der Waals surface area (Å²) in [6.07, 6.45) is 11.9. The van der Waals surface area contributed by atoms with Gasteiger partial charge in [-0.25, -0.2) is 0 Å². The first-order chi connectivity index (χ1) is 10.8. The summed E-state index contributed by atoms with van der Waals surface area (Å²) in [5.41, 5.74) is 1.93. The van der Waals surface area contributed by atoms with Crippen LogP contribution in [0.2, 0.25) is 0 Å². The fourth-order valence-electron chi connectivity index (χ4n) is 3.03. The van der Waals surface area contributed by atoms with Gasteiger partial charge in [0.05, 0.1) is 5.56 Å². The maximum absolute atomic E-state index is 12.1. The van der Waals surface area contributed by atoms with Crippen LogP contribution in [0, 0.1) is 11.3 Å². The Labute approximate surface area is 137 Å². The lowest BCUT2D eigenvalue weighted by atomic mass is 9.97. The van der Waals surface area contributed by atoms with Crippen LogP contribution in [0.5, 0.6) is 0 Å². The van der Waals surface area contributed by atoms with Crippen LogP contribution in [-0.4, -0.2) is 5.91 Å². The molecule has 1 amide bonds. The predicted molar refractivity (Wildman–Crippen MR) is 92.3 cm³/mol. The number of unbranched alkanes of at least 4 members (excludes halogenated alkanes) is 3. The molecule has 1 aromatic rings. The number of nitriles is 1. The maximum Gasteiger partial charge on any atom is 0.225 e. The summed E-state index contributed by atoms with van der Waals surface area (Å²) in [4.78, 5) is 13.4. The summed E-state index contributed by atoms with van der Waals surface area (Å²) in [7, 11) is 0. The highest BCUT2D eigenvalue weighted by atomic mass is 32.1. The van der Waals surface area contributed by atoms with Crippen molar-refractivity contribution < 1.29 is 4.79 Å². The molecule has 0 atom stereocenters. The predicted octanol–water partition coefficient (Wildman–Crippen LogP) is 5.19. The molecule has 0 aliphatic heterocycles. The summed E-state index contributed by atoms with van der Waals surface area (Å²) in [6.45, 7) is 2.17. The lowest BCUT2D eigenvalue weighted by molar-refractivity contribution is -0.116. The van der Waals surface area contributed by atoms with Crippen molar-refractivity contribution in [2.75, 3.05) is 5.32 Å². The van der Waals surface area contributed by atoms with E-state index in [0.29, 0.717) is 6.42 Å². The fourth-order valence-corrected chi connectivity index (χ4v) is 4.28. The van der Waals surface area contributed by atoms with E-state index >= 15 is 0 Å². The van der Waals surface area contributed by atoms with Gasteiger partial charge in [-0.05, 0) is 37.7 Å². The van der Waals surface area contributed by atoms with Crippen molar-refractivity contribution in [3.8, 4) is 6.07 Å². The molecule has 1 aliphatic rings. The molecule has 1 aliphatic carbocycles. The van der Waals surface area contributed by atoms with E-state index in [-0.39, 0.29) is 5.91 Å². The van der Waals surface area contributed by atoms with E-state index in [9.17, 15) is 10.1 Å². The van der Waals surface area contributed by atoms with Crippen molar-refractivity contribution in [3.05, 3.63) is 16.0 Å². The number of hydrogen-bond donors (Lipinski definition) is 1. The van der Waals surface area contributed by atoms with Gasteiger partial charge in [-0.1, -0.05) is 39.0 Å². The molecule has 1 aromatic heterocycles. The molecule has 0 unspecified atom stereocenters. The van der Waals surface area contributed by atoms with Gasteiger partial charge in [-0.15, -0.1) is 11.3 Å². The summed E-state index contributed by atoms with van der Waals surface area (Å²) in [5, 5.41) is 13.3.